The maximum atomic E-state index is 11.4. The van der Waals surface area contributed by atoms with Crippen LogP contribution in [0.15, 0.2) is 18.7 Å². The summed E-state index contributed by atoms with van der Waals surface area (Å²) in [5.41, 5.74) is 2.47. The first kappa shape index (κ1) is 13.6. The summed E-state index contributed by atoms with van der Waals surface area (Å²) in [6.07, 6.45) is 5.70. The Morgan fingerprint density at radius 3 is 3.00 bits per heavy atom. The molecule has 0 amide bonds. The molecule has 2 rings (SSSR count). The van der Waals surface area contributed by atoms with E-state index in [4.69, 9.17) is 0 Å². The van der Waals surface area contributed by atoms with Crippen molar-refractivity contribution in [2.75, 3.05) is 18.0 Å². The quantitative estimate of drug-likeness (QED) is 0.799. The van der Waals surface area contributed by atoms with Gasteiger partial charge in [0.25, 0.3) is 0 Å². The van der Waals surface area contributed by atoms with Gasteiger partial charge >= 0.3 is 5.97 Å². The summed E-state index contributed by atoms with van der Waals surface area (Å²) in [6, 6.07) is 1.80. The molecule has 0 bridgehead atoms. The number of nitrogens with zero attached hydrogens (tertiary/aromatic N) is 2. The highest BCUT2D eigenvalue weighted by atomic mass is 16.4. The highest BCUT2D eigenvalue weighted by Gasteiger charge is 2.22. The first-order valence-electron chi connectivity index (χ1n) is 6.79. The van der Waals surface area contributed by atoms with Crippen molar-refractivity contribution in [2.24, 2.45) is 0 Å². The predicted octanol–water partition coefficient (Wildman–Crippen LogP) is 2.67. The van der Waals surface area contributed by atoms with Gasteiger partial charge < -0.3 is 10.0 Å². The monoisotopic (exact) mass is 260 g/mol. The lowest BCUT2D eigenvalue weighted by Gasteiger charge is -2.24. The largest absolute Gasteiger partial charge is 0.478 e. The van der Waals surface area contributed by atoms with Crippen LogP contribution >= 0.6 is 0 Å². The predicted molar refractivity (Wildman–Crippen MR) is 75.9 cm³/mol. The van der Waals surface area contributed by atoms with E-state index in [1.54, 1.807) is 12.1 Å². The van der Waals surface area contributed by atoms with Crippen LogP contribution in [0.3, 0.4) is 0 Å². The van der Waals surface area contributed by atoms with Crippen molar-refractivity contribution in [1.82, 2.24) is 4.98 Å². The third kappa shape index (κ3) is 2.78. The second-order valence-electron chi connectivity index (χ2n) is 4.86. The van der Waals surface area contributed by atoms with E-state index in [9.17, 15) is 9.90 Å². The number of carboxylic acid groups (broad SMARTS) is 1. The fourth-order valence-electron chi connectivity index (χ4n) is 2.57. The second-order valence-corrected chi connectivity index (χ2v) is 4.86. The maximum Gasteiger partial charge on any atom is 0.339 e. The molecular weight excluding hydrogens is 240 g/mol. The molecule has 1 aliphatic carbocycles. The maximum absolute atomic E-state index is 11.4. The molecule has 0 aliphatic heterocycles. The van der Waals surface area contributed by atoms with Gasteiger partial charge in [-0.3, -0.25) is 0 Å². The third-order valence-corrected chi connectivity index (χ3v) is 3.40. The molecule has 19 heavy (non-hydrogen) atoms. The molecular formula is C15H20N2O2. The van der Waals surface area contributed by atoms with E-state index in [1.165, 1.54) is 0 Å². The minimum absolute atomic E-state index is 0.316. The number of hydrogen-bond donors (Lipinski definition) is 1. The third-order valence-electron chi connectivity index (χ3n) is 3.40. The Kier molecular flexibility index (Phi) is 4.20. The Labute approximate surface area is 113 Å². The molecule has 4 heteroatoms. The lowest BCUT2D eigenvalue weighted by molar-refractivity contribution is 0.0697. The molecule has 0 radical (unpaired) electrons. The van der Waals surface area contributed by atoms with E-state index in [0.29, 0.717) is 17.9 Å². The average Bonchev–Trinajstić information content (AvgIpc) is 2.84. The number of pyridine rings is 1. The van der Waals surface area contributed by atoms with Gasteiger partial charge in [-0.15, -0.1) is 6.58 Å². The van der Waals surface area contributed by atoms with Crippen LogP contribution in [-0.2, 0) is 12.8 Å². The Bertz CT molecular complexity index is 497. The number of carbonyl (C=O) groups is 1. The molecule has 0 aromatic carbocycles. The first-order chi connectivity index (χ1) is 9.17. The van der Waals surface area contributed by atoms with Gasteiger partial charge in [0.1, 0.15) is 11.4 Å². The molecule has 1 N–H and O–H groups in total. The Balaban J connectivity index is 2.46. The molecule has 1 heterocycles. The average molecular weight is 260 g/mol. The van der Waals surface area contributed by atoms with Crippen molar-refractivity contribution < 1.29 is 9.90 Å². The lowest BCUT2D eigenvalue weighted by Crippen LogP contribution is -2.27. The highest BCUT2D eigenvalue weighted by molar-refractivity contribution is 5.93. The zero-order valence-electron chi connectivity index (χ0n) is 11.4. The number of aryl methyl sites for hydroxylation is 2. The van der Waals surface area contributed by atoms with Gasteiger partial charge in [0, 0.05) is 18.8 Å². The normalized spacial score (nSPS) is 13.1. The van der Waals surface area contributed by atoms with Crippen LogP contribution in [0.2, 0.25) is 0 Å². The summed E-state index contributed by atoms with van der Waals surface area (Å²) >= 11 is 0. The van der Waals surface area contributed by atoms with Crippen LogP contribution in [0.25, 0.3) is 0 Å². The molecule has 0 fully saturated rings. The van der Waals surface area contributed by atoms with E-state index in [0.717, 1.165) is 43.5 Å². The number of anilines is 1. The van der Waals surface area contributed by atoms with Gasteiger partial charge in [-0.25, -0.2) is 9.78 Å². The topological polar surface area (TPSA) is 53.4 Å². The van der Waals surface area contributed by atoms with Gasteiger partial charge in [-0.1, -0.05) is 13.0 Å². The molecule has 1 aliphatic rings. The lowest BCUT2D eigenvalue weighted by atomic mass is 10.1. The molecule has 1 aromatic heterocycles. The molecule has 0 unspecified atom stereocenters. The van der Waals surface area contributed by atoms with Crippen LogP contribution in [-0.4, -0.2) is 29.1 Å². The minimum Gasteiger partial charge on any atom is -0.478 e. The number of aromatic carboxylic acids is 1. The molecule has 1 aromatic rings. The van der Waals surface area contributed by atoms with Gasteiger partial charge in [-0.2, -0.15) is 0 Å². The van der Waals surface area contributed by atoms with Crippen molar-refractivity contribution in [3.05, 3.63) is 35.5 Å². The summed E-state index contributed by atoms with van der Waals surface area (Å²) in [6.45, 7) is 7.23. The van der Waals surface area contributed by atoms with Crippen molar-refractivity contribution in [2.45, 2.75) is 32.6 Å². The van der Waals surface area contributed by atoms with Gasteiger partial charge in [0.05, 0.1) is 0 Å². The molecule has 0 spiro atoms. The van der Waals surface area contributed by atoms with E-state index in [-0.39, 0.29) is 0 Å². The minimum atomic E-state index is -0.901. The SMILES string of the molecule is C=CCN(CCC)c1nc2c(cc1C(=O)O)CCC2. The summed E-state index contributed by atoms with van der Waals surface area (Å²) in [5.74, 6) is -0.308. The fourth-order valence-corrected chi connectivity index (χ4v) is 2.57. The van der Waals surface area contributed by atoms with Crippen LogP contribution in [0, 0.1) is 0 Å². The number of fused-ring (bicyclic) bond motifs is 1. The van der Waals surface area contributed by atoms with Crippen LogP contribution in [0.4, 0.5) is 5.82 Å². The van der Waals surface area contributed by atoms with Gasteiger partial charge in [0.15, 0.2) is 0 Å². The number of aromatic nitrogens is 1. The van der Waals surface area contributed by atoms with Gasteiger partial charge in [0.2, 0.25) is 0 Å². The number of carboxylic acids is 1. The fraction of sp³-hybridized carbons (Fsp3) is 0.467. The molecule has 102 valence electrons. The van der Waals surface area contributed by atoms with E-state index < -0.39 is 5.97 Å². The summed E-state index contributed by atoms with van der Waals surface area (Å²) in [4.78, 5) is 18.0. The smallest absolute Gasteiger partial charge is 0.339 e. The summed E-state index contributed by atoms with van der Waals surface area (Å²) in [7, 11) is 0. The Hall–Kier alpha value is -1.84. The standard InChI is InChI=1S/C15H20N2O2/c1-3-8-17(9-4-2)14-12(15(18)19)10-11-6-5-7-13(11)16-14/h3,10H,1,4-9H2,2H3,(H,18,19). The van der Waals surface area contributed by atoms with Gasteiger partial charge in [-0.05, 0) is 37.3 Å². The Morgan fingerprint density at radius 1 is 1.58 bits per heavy atom. The van der Waals surface area contributed by atoms with Crippen molar-refractivity contribution >= 4 is 11.8 Å². The summed E-state index contributed by atoms with van der Waals surface area (Å²) in [5, 5.41) is 9.39. The number of rotatable bonds is 6. The van der Waals surface area contributed by atoms with Crippen molar-refractivity contribution in [3.63, 3.8) is 0 Å². The molecule has 0 saturated carbocycles. The molecule has 0 atom stereocenters. The van der Waals surface area contributed by atoms with Crippen LogP contribution < -0.4 is 4.90 Å². The zero-order valence-corrected chi connectivity index (χ0v) is 11.4. The van der Waals surface area contributed by atoms with E-state index in [1.807, 2.05) is 4.90 Å². The van der Waals surface area contributed by atoms with Crippen molar-refractivity contribution in [3.8, 4) is 0 Å². The highest BCUT2D eigenvalue weighted by Crippen LogP contribution is 2.27. The Morgan fingerprint density at radius 2 is 2.37 bits per heavy atom. The molecule has 0 saturated heterocycles. The van der Waals surface area contributed by atoms with Crippen LogP contribution in [0.1, 0.15) is 41.4 Å². The van der Waals surface area contributed by atoms with E-state index in [2.05, 4.69) is 18.5 Å². The van der Waals surface area contributed by atoms with Crippen molar-refractivity contribution in [1.29, 1.82) is 0 Å². The van der Waals surface area contributed by atoms with E-state index >= 15 is 0 Å². The zero-order chi connectivity index (χ0) is 13.8. The number of hydrogen-bond acceptors (Lipinski definition) is 3. The first-order valence-corrected chi connectivity index (χ1v) is 6.79. The second kappa shape index (κ2) is 5.87. The summed E-state index contributed by atoms with van der Waals surface area (Å²) < 4.78 is 0. The van der Waals surface area contributed by atoms with Crippen LogP contribution in [0.5, 0.6) is 0 Å². The molecule has 4 nitrogen and oxygen atoms in total.